The molecule has 2 aromatic rings. The lowest BCUT2D eigenvalue weighted by molar-refractivity contribution is -0.130. The van der Waals surface area contributed by atoms with Crippen molar-refractivity contribution < 1.29 is 4.79 Å². The molecule has 5 nitrogen and oxygen atoms in total. The maximum absolute atomic E-state index is 12.7. The summed E-state index contributed by atoms with van der Waals surface area (Å²) in [6, 6.07) is 9.98. The molecule has 2 atom stereocenters. The molecule has 0 radical (unpaired) electrons. The van der Waals surface area contributed by atoms with Gasteiger partial charge in [0.25, 0.3) is 0 Å². The lowest BCUT2D eigenvalue weighted by Crippen LogP contribution is -2.45. The van der Waals surface area contributed by atoms with Gasteiger partial charge in [-0.15, -0.1) is 0 Å². The second kappa shape index (κ2) is 8.61. The van der Waals surface area contributed by atoms with E-state index in [1.165, 1.54) is 5.56 Å². The summed E-state index contributed by atoms with van der Waals surface area (Å²) in [5, 5.41) is 3.29. The van der Waals surface area contributed by atoms with Gasteiger partial charge >= 0.3 is 0 Å². The Balaban J connectivity index is 1.76. The lowest BCUT2D eigenvalue weighted by Gasteiger charge is -2.38. The van der Waals surface area contributed by atoms with E-state index in [-0.39, 0.29) is 11.9 Å². The quantitative estimate of drug-likeness (QED) is 0.878. The predicted molar refractivity (Wildman–Crippen MR) is 107 cm³/mol. The maximum Gasteiger partial charge on any atom is 0.225 e. The van der Waals surface area contributed by atoms with Crippen LogP contribution in [0.3, 0.4) is 0 Å². The van der Waals surface area contributed by atoms with Crippen LogP contribution in [0.1, 0.15) is 50.9 Å². The van der Waals surface area contributed by atoms with Crippen LogP contribution in [-0.2, 0) is 11.3 Å². The first-order chi connectivity index (χ1) is 12.9. The molecule has 1 aliphatic heterocycles. The van der Waals surface area contributed by atoms with E-state index in [1.54, 1.807) is 0 Å². The zero-order chi connectivity index (χ0) is 19.3. The smallest absolute Gasteiger partial charge is 0.225 e. The molecule has 1 N–H and O–H groups in total. The molecule has 0 saturated carbocycles. The van der Waals surface area contributed by atoms with E-state index in [0.29, 0.717) is 5.92 Å². The zero-order valence-corrected chi connectivity index (χ0v) is 16.6. The van der Waals surface area contributed by atoms with Crippen LogP contribution in [0.4, 0.5) is 0 Å². The number of nitrogens with one attached hydrogen (secondary N) is 1. The molecule has 2 aromatic heterocycles. The van der Waals surface area contributed by atoms with Gasteiger partial charge in [-0.2, -0.15) is 0 Å². The third-order valence-corrected chi connectivity index (χ3v) is 5.12. The molecule has 1 amide bonds. The topological polar surface area (TPSA) is 58.1 Å². The second-order valence-corrected chi connectivity index (χ2v) is 8.45. The molecule has 5 heteroatoms. The summed E-state index contributed by atoms with van der Waals surface area (Å²) in [6.45, 7) is 8.77. The summed E-state index contributed by atoms with van der Waals surface area (Å²) in [7, 11) is 0. The fraction of sp³-hybridized carbons (Fsp3) is 0.500. The highest BCUT2D eigenvalue weighted by Gasteiger charge is 2.33. The van der Waals surface area contributed by atoms with E-state index in [2.05, 4.69) is 26.3 Å². The van der Waals surface area contributed by atoms with E-state index in [9.17, 15) is 4.79 Å². The number of carbonyl (C=O) groups is 1. The normalized spacial score (nSPS) is 19.4. The molecular formula is C22H30N4O. The van der Waals surface area contributed by atoms with Crippen molar-refractivity contribution in [3.63, 3.8) is 0 Å². The summed E-state index contributed by atoms with van der Waals surface area (Å²) in [5.74, 6) is 0.416. The highest BCUT2D eigenvalue weighted by atomic mass is 16.2. The summed E-state index contributed by atoms with van der Waals surface area (Å²) in [4.78, 5) is 23.9. The van der Waals surface area contributed by atoms with Crippen LogP contribution in [0.15, 0.2) is 48.9 Å². The first kappa shape index (κ1) is 19.5. The minimum atomic E-state index is -0.420. The number of hydrogen-bond acceptors (Lipinski definition) is 4. The number of rotatable bonds is 5. The standard InChI is InChI=1S/C22H30N4O/c1-22(2,3)21(27)25-20(19-10-4-5-12-24-19)18-9-7-13-26(16-18)15-17-8-6-11-23-14-17/h4-6,8,10-12,14,18,20H,7,9,13,15-16H2,1-3H3,(H,25,27)/t18-,20-/m0/s1. The van der Waals surface area contributed by atoms with Gasteiger partial charge in [0.2, 0.25) is 5.91 Å². The molecular weight excluding hydrogens is 336 g/mol. The Hall–Kier alpha value is -2.27. The van der Waals surface area contributed by atoms with Crippen LogP contribution in [0.2, 0.25) is 0 Å². The fourth-order valence-electron chi connectivity index (χ4n) is 3.61. The van der Waals surface area contributed by atoms with Gasteiger partial charge in [0.05, 0.1) is 11.7 Å². The summed E-state index contributed by atoms with van der Waals surface area (Å²) in [5.41, 5.74) is 1.76. The van der Waals surface area contributed by atoms with E-state index in [1.807, 2.05) is 63.6 Å². The average molecular weight is 367 g/mol. The SMILES string of the molecule is CC(C)(C)C(=O)N[C@H](c1ccccn1)[C@H]1CCCN(Cc2cccnc2)C1. The van der Waals surface area contributed by atoms with E-state index < -0.39 is 5.41 Å². The predicted octanol–water partition coefficient (Wildman–Crippen LogP) is 3.59. The number of carbonyl (C=O) groups excluding carboxylic acids is 1. The van der Waals surface area contributed by atoms with Gasteiger partial charge in [0.1, 0.15) is 0 Å². The van der Waals surface area contributed by atoms with E-state index in [0.717, 1.165) is 38.2 Å². The molecule has 0 bridgehead atoms. The van der Waals surface area contributed by atoms with Crippen molar-refractivity contribution in [1.82, 2.24) is 20.2 Å². The van der Waals surface area contributed by atoms with Crippen LogP contribution < -0.4 is 5.32 Å². The number of amides is 1. The van der Waals surface area contributed by atoms with Crippen molar-refractivity contribution in [3.8, 4) is 0 Å². The van der Waals surface area contributed by atoms with Crippen molar-refractivity contribution in [2.45, 2.75) is 46.2 Å². The molecule has 1 aliphatic rings. The molecule has 144 valence electrons. The van der Waals surface area contributed by atoms with Crippen molar-refractivity contribution in [2.24, 2.45) is 11.3 Å². The van der Waals surface area contributed by atoms with Gasteiger partial charge in [-0.3, -0.25) is 19.7 Å². The molecule has 0 spiro atoms. The molecule has 3 rings (SSSR count). The highest BCUT2D eigenvalue weighted by Crippen LogP contribution is 2.30. The average Bonchev–Trinajstić information content (AvgIpc) is 2.67. The van der Waals surface area contributed by atoms with Gasteiger partial charge in [0.15, 0.2) is 0 Å². The summed E-state index contributed by atoms with van der Waals surface area (Å²) >= 11 is 0. The Labute approximate surface area is 162 Å². The third-order valence-electron chi connectivity index (χ3n) is 5.12. The van der Waals surface area contributed by atoms with Crippen LogP contribution >= 0.6 is 0 Å². The van der Waals surface area contributed by atoms with Crippen LogP contribution in [-0.4, -0.2) is 33.9 Å². The first-order valence-corrected chi connectivity index (χ1v) is 9.76. The minimum absolute atomic E-state index is 0.0605. The van der Waals surface area contributed by atoms with Crippen LogP contribution in [0, 0.1) is 11.3 Å². The van der Waals surface area contributed by atoms with Crippen LogP contribution in [0.5, 0.6) is 0 Å². The van der Waals surface area contributed by atoms with Crippen molar-refractivity contribution >= 4 is 5.91 Å². The number of hydrogen-bond donors (Lipinski definition) is 1. The first-order valence-electron chi connectivity index (χ1n) is 9.76. The molecule has 1 saturated heterocycles. The van der Waals surface area contributed by atoms with Crippen molar-refractivity contribution in [1.29, 1.82) is 0 Å². The Morgan fingerprint density at radius 2 is 2.11 bits per heavy atom. The van der Waals surface area contributed by atoms with Crippen molar-refractivity contribution in [2.75, 3.05) is 13.1 Å². The molecule has 0 aromatic carbocycles. The fourth-order valence-corrected chi connectivity index (χ4v) is 3.61. The second-order valence-electron chi connectivity index (χ2n) is 8.45. The van der Waals surface area contributed by atoms with Gasteiger partial charge in [-0.1, -0.05) is 32.9 Å². The van der Waals surface area contributed by atoms with E-state index in [4.69, 9.17) is 0 Å². The monoisotopic (exact) mass is 366 g/mol. The molecule has 0 unspecified atom stereocenters. The number of aromatic nitrogens is 2. The molecule has 27 heavy (non-hydrogen) atoms. The number of pyridine rings is 2. The van der Waals surface area contributed by atoms with Gasteiger partial charge in [-0.05, 0) is 49.1 Å². The number of nitrogens with zero attached hydrogens (tertiary/aromatic N) is 3. The minimum Gasteiger partial charge on any atom is -0.347 e. The third kappa shape index (κ3) is 5.36. The molecule has 0 aliphatic carbocycles. The Kier molecular flexibility index (Phi) is 6.22. The zero-order valence-electron chi connectivity index (χ0n) is 16.6. The Morgan fingerprint density at radius 1 is 1.26 bits per heavy atom. The Morgan fingerprint density at radius 3 is 2.78 bits per heavy atom. The summed E-state index contributed by atoms with van der Waals surface area (Å²) in [6.07, 6.45) is 7.76. The van der Waals surface area contributed by atoms with Crippen molar-refractivity contribution in [3.05, 3.63) is 60.2 Å². The number of likely N-dealkylation sites (tertiary alicyclic amines) is 1. The maximum atomic E-state index is 12.7. The van der Waals surface area contributed by atoms with Gasteiger partial charge < -0.3 is 5.32 Å². The van der Waals surface area contributed by atoms with Gasteiger partial charge in [0, 0.05) is 37.1 Å². The van der Waals surface area contributed by atoms with Gasteiger partial charge in [-0.25, -0.2) is 0 Å². The largest absolute Gasteiger partial charge is 0.347 e. The van der Waals surface area contributed by atoms with Crippen LogP contribution in [0.25, 0.3) is 0 Å². The lowest BCUT2D eigenvalue weighted by atomic mass is 9.86. The molecule has 3 heterocycles. The number of piperidine rings is 1. The summed E-state index contributed by atoms with van der Waals surface area (Å²) < 4.78 is 0. The Bertz CT molecular complexity index is 727. The highest BCUT2D eigenvalue weighted by molar-refractivity contribution is 5.81. The molecule has 1 fully saturated rings. The van der Waals surface area contributed by atoms with E-state index >= 15 is 0 Å².